The number of nitrogens with one attached hydrogen (secondary N) is 1. The molecule has 2 aromatic rings. The number of halogens is 1. The molecule has 102 valence electrons. The van der Waals surface area contributed by atoms with Crippen LogP contribution in [0, 0.1) is 6.92 Å². The van der Waals surface area contributed by atoms with Crippen LogP contribution in [0.4, 0.5) is 5.69 Å². The topological polar surface area (TPSA) is 85.8 Å². The fourth-order valence-electron chi connectivity index (χ4n) is 1.57. The molecule has 0 unspecified atom stereocenters. The summed E-state index contributed by atoms with van der Waals surface area (Å²) in [5.74, 6) is 1.14. The number of aryl methyl sites for hydroxylation is 2. The second kappa shape index (κ2) is 5.83. The molecule has 0 aromatic carbocycles. The summed E-state index contributed by atoms with van der Waals surface area (Å²) < 4.78 is 6.16. The lowest BCUT2D eigenvalue weighted by Crippen LogP contribution is -2.23. The van der Waals surface area contributed by atoms with Gasteiger partial charge in [-0.1, -0.05) is 16.8 Å². The SMILES string of the molecule is CCn1ncc(NCCc2noc(C)n2)c(Cl)c1=O. The molecule has 2 heterocycles. The molecule has 2 rings (SSSR count). The fraction of sp³-hybridized carbons (Fsp3) is 0.455. The van der Waals surface area contributed by atoms with Crippen LogP contribution in [0.25, 0.3) is 0 Å². The van der Waals surface area contributed by atoms with Crippen LogP contribution < -0.4 is 10.9 Å². The van der Waals surface area contributed by atoms with E-state index in [1.165, 1.54) is 10.9 Å². The van der Waals surface area contributed by atoms with Gasteiger partial charge in [0, 0.05) is 26.4 Å². The van der Waals surface area contributed by atoms with Gasteiger partial charge < -0.3 is 9.84 Å². The zero-order valence-corrected chi connectivity index (χ0v) is 11.4. The number of anilines is 1. The molecule has 0 radical (unpaired) electrons. The van der Waals surface area contributed by atoms with Crippen molar-refractivity contribution in [1.82, 2.24) is 19.9 Å². The van der Waals surface area contributed by atoms with Crippen LogP contribution >= 0.6 is 11.6 Å². The lowest BCUT2D eigenvalue weighted by atomic mass is 10.3. The van der Waals surface area contributed by atoms with Gasteiger partial charge in [0.2, 0.25) is 5.89 Å². The van der Waals surface area contributed by atoms with E-state index in [1.54, 1.807) is 6.92 Å². The lowest BCUT2D eigenvalue weighted by Gasteiger charge is -2.08. The average Bonchev–Trinajstić information content (AvgIpc) is 2.81. The molecule has 2 aromatic heterocycles. The van der Waals surface area contributed by atoms with Gasteiger partial charge in [-0.05, 0) is 6.92 Å². The van der Waals surface area contributed by atoms with Gasteiger partial charge in [-0.25, -0.2) is 4.68 Å². The maximum atomic E-state index is 11.7. The summed E-state index contributed by atoms with van der Waals surface area (Å²) in [7, 11) is 0. The van der Waals surface area contributed by atoms with Gasteiger partial charge >= 0.3 is 0 Å². The molecule has 0 amide bonds. The van der Waals surface area contributed by atoms with Crippen molar-refractivity contribution in [2.75, 3.05) is 11.9 Å². The molecule has 0 aliphatic carbocycles. The highest BCUT2D eigenvalue weighted by molar-refractivity contribution is 6.32. The van der Waals surface area contributed by atoms with E-state index in [0.29, 0.717) is 36.9 Å². The average molecular weight is 284 g/mol. The summed E-state index contributed by atoms with van der Waals surface area (Å²) in [4.78, 5) is 15.8. The number of hydrogen-bond donors (Lipinski definition) is 1. The molecular formula is C11H14ClN5O2. The van der Waals surface area contributed by atoms with Gasteiger partial charge in [0.25, 0.3) is 5.56 Å². The van der Waals surface area contributed by atoms with Crippen molar-refractivity contribution >= 4 is 17.3 Å². The zero-order chi connectivity index (χ0) is 13.8. The number of nitrogens with zero attached hydrogens (tertiary/aromatic N) is 4. The Morgan fingerprint density at radius 1 is 1.53 bits per heavy atom. The zero-order valence-electron chi connectivity index (χ0n) is 10.7. The third-order valence-corrected chi connectivity index (χ3v) is 2.88. The van der Waals surface area contributed by atoms with E-state index in [1.807, 2.05) is 6.92 Å². The van der Waals surface area contributed by atoms with E-state index in [-0.39, 0.29) is 10.6 Å². The lowest BCUT2D eigenvalue weighted by molar-refractivity contribution is 0.387. The first-order valence-corrected chi connectivity index (χ1v) is 6.28. The molecule has 0 bridgehead atoms. The highest BCUT2D eigenvalue weighted by Gasteiger charge is 2.08. The Balaban J connectivity index is 2.00. The minimum absolute atomic E-state index is 0.140. The molecule has 7 nitrogen and oxygen atoms in total. The third kappa shape index (κ3) is 3.11. The number of aromatic nitrogens is 4. The van der Waals surface area contributed by atoms with Crippen LogP contribution in [0.2, 0.25) is 5.02 Å². The van der Waals surface area contributed by atoms with Crippen molar-refractivity contribution < 1.29 is 4.52 Å². The van der Waals surface area contributed by atoms with Gasteiger partial charge in [-0.2, -0.15) is 10.1 Å². The van der Waals surface area contributed by atoms with Crippen LogP contribution in [-0.4, -0.2) is 26.5 Å². The van der Waals surface area contributed by atoms with Crippen molar-refractivity contribution in [3.05, 3.63) is 33.3 Å². The summed E-state index contributed by atoms with van der Waals surface area (Å²) in [5, 5.41) is 10.9. The van der Waals surface area contributed by atoms with Gasteiger partial charge in [-0.3, -0.25) is 4.79 Å². The van der Waals surface area contributed by atoms with Crippen LogP contribution in [0.5, 0.6) is 0 Å². The fourth-order valence-corrected chi connectivity index (χ4v) is 1.78. The molecule has 0 aliphatic heterocycles. The summed E-state index contributed by atoms with van der Waals surface area (Å²) >= 11 is 5.98. The van der Waals surface area contributed by atoms with E-state index >= 15 is 0 Å². The predicted octanol–water partition coefficient (Wildman–Crippen LogP) is 1.26. The Morgan fingerprint density at radius 3 is 2.95 bits per heavy atom. The Hall–Kier alpha value is -1.89. The van der Waals surface area contributed by atoms with E-state index in [0.717, 1.165) is 0 Å². The number of rotatable bonds is 5. The van der Waals surface area contributed by atoms with Gasteiger partial charge in [-0.15, -0.1) is 0 Å². The van der Waals surface area contributed by atoms with Crippen LogP contribution in [0.1, 0.15) is 18.6 Å². The third-order valence-electron chi connectivity index (χ3n) is 2.52. The summed E-state index contributed by atoms with van der Waals surface area (Å²) in [5.41, 5.74) is 0.209. The Kier molecular flexibility index (Phi) is 4.16. The summed E-state index contributed by atoms with van der Waals surface area (Å²) in [6.07, 6.45) is 2.11. The van der Waals surface area contributed by atoms with E-state index < -0.39 is 0 Å². The largest absolute Gasteiger partial charge is 0.382 e. The molecule has 0 spiro atoms. The first-order valence-electron chi connectivity index (χ1n) is 5.90. The second-order valence-corrected chi connectivity index (χ2v) is 4.28. The second-order valence-electron chi connectivity index (χ2n) is 3.90. The van der Waals surface area contributed by atoms with Crippen molar-refractivity contribution in [2.45, 2.75) is 26.8 Å². The maximum Gasteiger partial charge on any atom is 0.287 e. The van der Waals surface area contributed by atoms with Crippen LogP contribution in [0.3, 0.4) is 0 Å². The van der Waals surface area contributed by atoms with Gasteiger partial charge in [0.15, 0.2) is 5.82 Å². The van der Waals surface area contributed by atoms with Crippen molar-refractivity contribution in [3.8, 4) is 0 Å². The van der Waals surface area contributed by atoms with Gasteiger partial charge in [0.1, 0.15) is 5.02 Å². The Bertz CT molecular complexity index is 622. The molecule has 19 heavy (non-hydrogen) atoms. The van der Waals surface area contributed by atoms with E-state index in [9.17, 15) is 4.79 Å². The van der Waals surface area contributed by atoms with Crippen molar-refractivity contribution in [3.63, 3.8) is 0 Å². The standard InChI is InChI=1S/C11H14ClN5O2/c1-3-17-11(18)10(12)8(6-14-17)13-5-4-9-15-7(2)19-16-9/h6,13H,3-5H2,1-2H3. The molecule has 1 N–H and O–H groups in total. The highest BCUT2D eigenvalue weighted by atomic mass is 35.5. The van der Waals surface area contributed by atoms with Crippen LogP contribution in [-0.2, 0) is 13.0 Å². The summed E-state index contributed by atoms with van der Waals surface area (Å²) in [6, 6.07) is 0. The predicted molar refractivity (Wildman–Crippen MR) is 70.4 cm³/mol. The minimum atomic E-state index is -0.301. The first kappa shape index (κ1) is 13.5. The Morgan fingerprint density at radius 2 is 2.32 bits per heavy atom. The molecule has 0 aliphatic rings. The molecule has 0 saturated heterocycles. The minimum Gasteiger partial charge on any atom is -0.382 e. The maximum absolute atomic E-state index is 11.7. The number of hydrogen-bond acceptors (Lipinski definition) is 6. The van der Waals surface area contributed by atoms with E-state index in [4.69, 9.17) is 16.1 Å². The molecular weight excluding hydrogens is 270 g/mol. The smallest absolute Gasteiger partial charge is 0.287 e. The molecule has 0 saturated carbocycles. The summed E-state index contributed by atoms with van der Waals surface area (Å²) in [6.45, 7) is 4.59. The normalized spacial score (nSPS) is 10.7. The first-order chi connectivity index (χ1) is 9.11. The van der Waals surface area contributed by atoms with Crippen molar-refractivity contribution in [1.29, 1.82) is 0 Å². The van der Waals surface area contributed by atoms with Crippen LogP contribution in [0.15, 0.2) is 15.5 Å². The van der Waals surface area contributed by atoms with Crippen molar-refractivity contribution in [2.24, 2.45) is 0 Å². The molecule has 0 fully saturated rings. The molecule has 0 atom stereocenters. The molecule has 8 heteroatoms. The van der Waals surface area contributed by atoms with Gasteiger partial charge in [0.05, 0.1) is 11.9 Å². The highest BCUT2D eigenvalue weighted by Crippen LogP contribution is 2.14. The van der Waals surface area contributed by atoms with E-state index in [2.05, 4.69) is 20.6 Å². The monoisotopic (exact) mass is 283 g/mol. The quantitative estimate of drug-likeness (QED) is 0.889. The Labute approximate surface area is 114 Å².